The summed E-state index contributed by atoms with van der Waals surface area (Å²) in [7, 11) is 2.80. The van der Waals surface area contributed by atoms with E-state index in [9.17, 15) is 19.8 Å². The van der Waals surface area contributed by atoms with Crippen molar-refractivity contribution in [2.75, 3.05) is 20.8 Å². The molecule has 2 unspecified atom stereocenters. The highest BCUT2D eigenvalue weighted by atomic mass is 16.6. The molecule has 1 aromatic carbocycles. The van der Waals surface area contributed by atoms with Crippen molar-refractivity contribution in [3.63, 3.8) is 0 Å². The van der Waals surface area contributed by atoms with Gasteiger partial charge in [-0.25, -0.2) is 4.79 Å². The lowest BCUT2D eigenvalue weighted by Crippen LogP contribution is -2.34. The number of hydrogen-bond donors (Lipinski definition) is 3. The highest BCUT2D eigenvalue weighted by Gasteiger charge is 2.25. The fraction of sp³-hybridized carbons (Fsp3) is 0.556. The van der Waals surface area contributed by atoms with Crippen LogP contribution in [0.4, 0.5) is 4.79 Å². The fourth-order valence-corrected chi connectivity index (χ4v) is 2.31. The number of aliphatic hydroxyl groups is 2. The van der Waals surface area contributed by atoms with E-state index in [1.807, 2.05) is 0 Å². The van der Waals surface area contributed by atoms with Gasteiger partial charge in [-0.1, -0.05) is 0 Å². The van der Waals surface area contributed by atoms with Crippen molar-refractivity contribution >= 4 is 12.4 Å². The van der Waals surface area contributed by atoms with E-state index in [2.05, 4.69) is 5.32 Å². The van der Waals surface area contributed by atoms with Gasteiger partial charge in [0.2, 0.25) is 0 Å². The quantitative estimate of drug-likeness (QED) is 0.599. The van der Waals surface area contributed by atoms with Crippen LogP contribution < -0.4 is 14.8 Å². The molecule has 0 bridgehead atoms. The average molecular weight is 369 g/mol. The molecule has 0 aliphatic carbocycles. The summed E-state index contributed by atoms with van der Waals surface area (Å²) < 4.78 is 15.5. The van der Waals surface area contributed by atoms with Crippen LogP contribution in [-0.2, 0) is 4.74 Å². The number of methoxy groups -OCH3 is 2. The van der Waals surface area contributed by atoms with Gasteiger partial charge in [0, 0.05) is 17.7 Å². The number of alkyl carbamates (subject to hydrolysis) is 1. The van der Waals surface area contributed by atoms with E-state index in [1.165, 1.54) is 26.4 Å². The SMILES string of the molecule is COc1cc(C=O)cc(C(O)C(O)CCNC(=O)OC(C)(C)C)c1OC. The number of carbonyl (C=O) groups is 2. The monoisotopic (exact) mass is 369 g/mol. The van der Waals surface area contributed by atoms with Crippen molar-refractivity contribution in [2.45, 2.75) is 45.0 Å². The van der Waals surface area contributed by atoms with Gasteiger partial charge < -0.3 is 29.7 Å². The smallest absolute Gasteiger partial charge is 0.407 e. The third-order valence-corrected chi connectivity index (χ3v) is 3.46. The Labute approximate surface area is 153 Å². The van der Waals surface area contributed by atoms with Gasteiger partial charge in [0.15, 0.2) is 11.5 Å². The van der Waals surface area contributed by atoms with Gasteiger partial charge >= 0.3 is 6.09 Å². The molecule has 0 fully saturated rings. The van der Waals surface area contributed by atoms with Gasteiger partial charge in [-0.2, -0.15) is 0 Å². The van der Waals surface area contributed by atoms with Crippen LogP contribution in [0.25, 0.3) is 0 Å². The van der Waals surface area contributed by atoms with Crippen molar-refractivity contribution in [3.8, 4) is 11.5 Å². The highest BCUT2D eigenvalue weighted by molar-refractivity contribution is 5.77. The molecule has 0 heterocycles. The minimum Gasteiger partial charge on any atom is -0.493 e. The zero-order valence-corrected chi connectivity index (χ0v) is 15.7. The van der Waals surface area contributed by atoms with E-state index in [1.54, 1.807) is 20.8 Å². The lowest BCUT2D eigenvalue weighted by atomic mass is 9.98. The molecule has 8 nitrogen and oxygen atoms in total. The van der Waals surface area contributed by atoms with Crippen molar-refractivity contribution in [1.82, 2.24) is 5.32 Å². The van der Waals surface area contributed by atoms with Crippen LogP contribution in [0.1, 0.15) is 49.2 Å². The Morgan fingerprint density at radius 2 is 1.88 bits per heavy atom. The Hall–Kier alpha value is -2.32. The number of carbonyl (C=O) groups excluding carboxylic acids is 2. The van der Waals surface area contributed by atoms with Gasteiger partial charge in [-0.05, 0) is 39.3 Å². The molecule has 3 N–H and O–H groups in total. The molecule has 0 aliphatic rings. The Morgan fingerprint density at radius 3 is 2.38 bits per heavy atom. The molecule has 0 saturated carbocycles. The van der Waals surface area contributed by atoms with E-state index < -0.39 is 23.9 Å². The summed E-state index contributed by atoms with van der Waals surface area (Å²) in [4.78, 5) is 22.7. The Kier molecular flexibility index (Phi) is 7.85. The van der Waals surface area contributed by atoms with Crippen LogP contribution in [0.3, 0.4) is 0 Å². The van der Waals surface area contributed by atoms with E-state index in [4.69, 9.17) is 14.2 Å². The van der Waals surface area contributed by atoms with Crippen LogP contribution in [0, 0.1) is 0 Å². The molecule has 0 saturated heterocycles. The molecule has 146 valence electrons. The average Bonchev–Trinajstić information content (AvgIpc) is 2.57. The third kappa shape index (κ3) is 6.20. The zero-order chi connectivity index (χ0) is 19.9. The number of ether oxygens (including phenoxy) is 3. The predicted molar refractivity (Wildman–Crippen MR) is 94.8 cm³/mol. The lowest BCUT2D eigenvalue weighted by Gasteiger charge is -2.23. The largest absolute Gasteiger partial charge is 0.493 e. The first-order chi connectivity index (χ1) is 12.1. The van der Waals surface area contributed by atoms with Crippen LogP contribution in [0.2, 0.25) is 0 Å². The molecule has 0 aliphatic heterocycles. The van der Waals surface area contributed by atoms with Gasteiger partial charge in [0.05, 0.1) is 20.3 Å². The molecule has 1 aromatic rings. The third-order valence-electron chi connectivity index (χ3n) is 3.46. The normalized spacial score (nSPS) is 13.5. The minimum absolute atomic E-state index is 0.0667. The Balaban J connectivity index is 2.80. The maximum atomic E-state index is 11.6. The Morgan fingerprint density at radius 1 is 1.23 bits per heavy atom. The summed E-state index contributed by atoms with van der Waals surface area (Å²) in [5.41, 5.74) is -0.129. The van der Waals surface area contributed by atoms with E-state index in [-0.39, 0.29) is 35.6 Å². The molecule has 8 heteroatoms. The number of amides is 1. The summed E-state index contributed by atoms with van der Waals surface area (Å²) >= 11 is 0. The van der Waals surface area contributed by atoms with Crippen LogP contribution in [0.15, 0.2) is 12.1 Å². The maximum absolute atomic E-state index is 11.6. The molecular weight excluding hydrogens is 342 g/mol. The summed E-state index contributed by atoms with van der Waals surface area (Å²) in [6.07, 6.45) is -2.47. The summed E-state index contributed by atoms with van der Waals surface area (Å²) in [6, 6.07) is 2.89. The number of hydrogen-bond acceptors (Lipinski definition) is 7. The lowest BCUT2D eigenvalue weighted by molar-refractivity contribution is 0.0109. The molecule has 1 rings (SSSR count). The number of rotatable bonds is 8. The fourth-order valence-electron chi connectivity index (χ4n) is 2.31. The second-order valence-electron chi connectivity index (χ2n) is 6.69. The van der Waals surface area contributed by atoms with Gasteiger partial charge in [0.25, 0.3) is 0 Å². The van der Waals surface area contributed by atoms with E-state index in [0.29, 0.717) is 6.29 Å². The first kappa shape index (κ1) is 21.7. The molecular formula is C18H27NO7. The summed E-state index contributed by atoms with van der Waals surface area (Å²) in [6.45, 7) is 5.32. The first-order valence-corrected chi connectivity index (χ1v) is 8.17. The van der Waals surface area contributed by atoms with E-state index >= 15 is 0 Å². The number of nitrogens with one attached hydrogen (secondary N) is 1. The standard InChI is InChI=1S/C18H27NO7/c1-18(2,3)26-17(23)19-7-6-13(21)15(22)12-8-11(10-20)9-14(24-4)16(12)25-5/h8-10,13,15,21-22H,6-7H2,1-5H3,(H,19,23). The number of benzene rings is 1. The van der Waals surface area contributed by atoms with Crippen molar-refractivity contribution in [3.05, 3.63) is 23.3 Å². The second kappa shape index (κ2) is 9.40. The molecule has 0 aromatic heterocycles. The number of aldehydes is 1. The maximum Gasteiger partial charge on any atom is 0.407 e. The molecule has 0 radical (unpaired) electrons. The van der Waals surface area contributed by atoms with Gasteiger partial charge in [0.1, 0.15) is 18.0 Å². The zero-order valence-electron chi connectivity index (χ0n) is 15.7. The first-order valence-electron chi connectivity index (χ1n) is 8.17. The molecule has 0 spiro atoms. The van der Waals surface area contributed by atoms with Crippen LogP contribution in [-0.4, -0.2) is 55.1 Å². The Bertz CT molecular complexity index is 625. The molecule has 1 amide bonds. The summed E-state index contributed by atoms with van der Waals surface area (Å²) in [5, 5.41) is 23.2. The van der Waals surface area contributed by atoms with Crippen molar-refractivity contribution in [2.24, 2.45) is 0 Å². The van der Waals surface area contributed by atoms with Crippen molar-refractivity contribution < 1.29 is 34.0 Å². The predicted octanol–water partition coefficient (Wildman–Crippen LogP) is 1.83. The molecule has 26 heavy (non-hydrogen) atoms. The minimum atomic E-state index is -1.33. The van der Waals surface area contributed by atoms with Gasteiger partial charge in [-0.3, -0.25) is 4.79 Å². The van der Waals surface area contributed by atoms with Crippen LogP contribution in [0.5, 0.6) is 11.5 Å². The van der Waals surface area contributed by atoms with Crippen LogP contribution >= 0.6 is 0 Å². The number of aliphatic hydroxyl groups excluding tert-OH is 2. The van der Waals surface area contributed by atoms with Gasteiger partial charge in [-0.15, -0.1) is 0 Å². The highest BCUT2D eigenvalue weighted by Crippen LogP contribution is 2.37. The molecule has 2 atom stereocenters. The second-order valence-corrected chi connectivity index (χ2v) is 6.69. The summed E-state index contributed by atoms with van der Waals surface area (Å²) in [5.74, 6) is 0.495. The topological polar surface area (TPSA) is 114 Å². The van der Waals surface area contributed by atoms with Crippen molar-refractivity contribution in [1.29, 1.82) is 0 Å². The van der Waals surface area contributed by atoms with E-state index in [0.717, 1.165) is 0 Å².